The van der Waals surface area contributed by atoms with Crippen LogP contribution in [0.25, 0.3) is 0 Å². The molecule has 1 aliphatic rings. The van der Waals surface area contributed by atoms with E-state index in [1.165, 1.54) is 6.26 Å². The van der Waals surface area contributed by atoms with Gasteiger partial charge in [0.1, 0.15) is 6.26 Å². The van der Waals surface area contributed by atoms with Crippen LogP contribution in [0, 0.1) is 0 Å². The summed E-state index contributed by atoms with van der Waals surface area (Å²) in [6, 6.07) is 0. The van der Waals surface area contributed by atoms with Crippen molar-refractivity contribution in [1.29, 1.82) is 0 Å². The summed E-state index contributed by atoms with van der Waals surface area (Å²) < 4.78 is 0. The Morgan fingerprint density at radius 1 is 1.50 bits per heavy atom. The highest BCUT2D eigenvalue weighted by Gasteiger charge is 1.83. The van der Waals surface area contributed by atoms with Crippen molar-refractivity contribution in [1.82, 2.24) is 0 Å². The SMILES string of the molecule is C1=C\OO/N=N\CC/1. The van der Waals surface area contributed by atoms with Crippen molar-refractivity contribution in [3.05, 3.63) is 12.3 Å². The number of rotatable bonds is 0. The van der Waals surface area contributed by atoms with Gasteiger partial charge < -0.3 is 0 Å². The molecule has 0 radical (unpaired) electrons. The van der Waals surface area contributed by atoms with Crippen LogP contribution in [0.1, 0.15) is 6.42 Å². The fourth-order valence-electron chi connectivity index (χ4n) is 0.348. The standard InChI is InChI=1S/C4H6N2O2/c1-2-4-7-8-6-5-3-1/h2,4H,1,3H2/b4-2-,6-5-. The summed E-state index contributed by atoms with van der Waals surface area (Å²) in [4.78, 5) is 8.48. The van der Waals surface area contributed by atoms with Crippen LogP contribution in [-0.2, 0) is 9.88 Å². The van der Waals surface area contributed by atoms with E-state index in [4.69, 9.17) is 0 Å². The molecule has 0 aromatic rings. The van der Waals surface area contributed by atoms with Gasteiger partial charge in [-0.25, -0.2) is 0 Å². The van der Waals surface area contributed by atoms with Gasteiger partial charge in [0.05, 0.1) is 11.8 Å². The van der Waals surface area contributed by atoms with Crippen LogP contribution in [0.5, 0.6) is 0 Å². The Morgan fingerprint density at radius 3 is 3.50 bits per heavy atom. The zero-order valence-electron chi connectivity index (χ0n) is 4.28. The Labute approximate surface area is 46.7 Å². The Morgan fingerprint density at radius 2 is 2.50 bits per heavy atom. The van der Waals surface area contributed by atoms with Crippen molar-refractivity contribution < 1.29 is 9.88 Å². The van der Waals surface area contributed by atoms with Gasteiger partial charge in [-0.2, -0.15) is 0 Å². The van der Waals surface area contributed by atoms with Gasteiger partial charge in [-0.15, -0.1) is 10.1 Å². The lowest BCUT2D eigenvalue weighted by Gasteiger charge is -1.93. The third kappa shape index (κ3) is 1.59. The van der Waals surface area contributed by atoms with Crippen LogP contribution in [0.15, 0.2) is 22.7 Å². The summed E-state index contributed by atoms with van der Waals surface area (Å²) in [7, 11) is 0. The summed E-state index contributed by atoms with van der Waals surface area (Å²) in [5, 5.41) is 6.74. The summed E-state index contributed by atoms with van der Waals surface area (Å²) in [5.74, 6) is 0. The Bertz CT molecular complexity index is 84.6. The van der Waals surface area contributed by atoms with E-state index in [9.17, 15) is 0 Å². The minimum atomic E-state index is 0.667. The van der Waals surface area contributed by atoms with Crippen LogP contribution in [0.2, 0.25) is 0 Å². The molecule has 0 saturated heterocycles. The lowest BCUT2D eigenvalue weighted by Crippen LogP contribution is -1.83. The second kappa shape index (κ2) is 3.01. The fourth-order valence-corrected chi connectivity index (χ4v) is 0.348. The van der Waals surface area contributed by atoms with Crippen LogP contribution < -0.4 is 0 Å². The third-order valence-corrected chi connectivity index (χ3v) is 0.682. The zero-order valence-corrected chi connectivity index (χ0v) is 4.28. The molecule has 0 spiro atoms. The second-order valence-electron chi connectivity index (χ2n) is 1.28. The van der Waals surface area contributed by atoms with E-state index in [2.05, 4.69) is 20.3 Å². The monoisotopic (exact) mass is 114 g/mol. The summed E-state index contributed by atoms with van der Waals surface area (Å²) in [6.07, 6.45) is 4.11. The minimum absolute atomic E-state index is 0.667. The van der Waals surface area contributed by atoms with Crippen molar-refractivity contribution in [2.24, 2.45) is 10.4 Å². The average molecular weight is 114 g/mol. The molecule has 4 nitrogen and oxygen atoms in total. The van der Waals surface area contributed by atoms with E-state index < -0.39 is 0 Å². The first-order valence-corrected chi connectivity index (χ1v) is 2.34. The van der Waals surface area contributed by atoms with Crippen LogP contribution >= 0.6 is 0 Å². The van der Waals surface area contributed by atoms with E-state index in [1.54, 1.807) is 0 Å². The first-order chi connectivity index (χ1) is 4.00. The molecule has 0 aromatic heterocycles. The fraction of sp³-hybridized carbons (Fsp3) is 0.500. The predicted octanol–water partition coefficient (Wildman–Crippen LogP) is 1.22. The molecule has 1 aliphatic heterocycles. The van der Waals surface area contributed by atoms with Crippen molar-refractivity contribution in [3.8, 4) is 0 Å². The molecule has 1 rings (SSSR count). The van der Waals surface area contributed by atoms with Crippen LogP contribution in [0.3, 0.4) is 0 Å². The van der Waals surface area contributed by atoms with Crippen molar-refractivity contribution >= 4 is 0 Å². The highest BCUT2D eigenvalue weighted by atomic mass is 17.3. The van der Waals surface area contributed by atoms with Crippen LogP contribution in [-0.4, -0.2) is 6.54 Å². The van der Waals surface area contributed by atoms with Gasteiger partial charge in [0.15, 0.2) is 0 Å². The molecule has 0 aromatic carbocycles. The molecule has 0 unspecified atom stereocenters. The van der Waals surface area contributed by atoms with Gasteiger partial charge in [-0.1, -0.05) is 0 Å². The third-order valence-electron chi connectivity index (χ3n) is 0.682. The molecule has 0 N–H and O–H groups in total. The Hall–Kier alpha value is -1.06. The first kappa shape index (κ1) is 5.08. The molecule has 0 atom stereocenters. The molecule has 0 fully saturated rings. The van der Waals surface area contributed by atoms with Gasteiger partial charge in [-0.05, 0) is 12.5 Å². The summed E-state index contributed by atoms with van der Waals surface area (Å²) >= 11 is 0. The maximum atomic E-state index is 4.33. The smallest absolute Gasteiger partial charge is 0.141 e. The number of hydrogen-bond donors (Lipinski definition) is 0. The molecule has 0 amide bonds. The quantitative estimate of drug-likeness (QED) is 0.444. The van der Waals surface area contributed by atoms with E-state index in [0.29, 0.717) is 6.54 Å². The van der Waals surface area contributed by atoms with Gasteiger partial charge in [0, 0.05) is 0 Å². The van der Waals surface area contributed by atoms with E-state index in [1.807, 2.05) is 6.08 Å². The molecule has 0 aliphatic carbocycles. The van der Waals surface area contributed by atoms with Crippen molar-refractivity contribution in [3.63, 3.8) is 0 Å². The maximum absolute atomic E-state index is 4.33. The number of hydrogen-bond acceptors (Lipinski definition) is 4. The zero-order chi connectivity index (χ0) is 5.66. The van der Waals surface area contributed by atoms with Crippen LogP contribution in [0.4, 0.5) is 0 Å². The van der Waals surface area contributed by atoms with Gasteiger partial charge in [0.2, 0.25) is 0 Å². The molecule has 0 saturated carbocycles. The molecular formula is C4H6N2O2. The van der Waals surface area contributed by atoms with Crippen molar-refractivity contribution in [2.45, 2.75) is 6.42 Å². The maximum Gasteiger partial charge on any atom is 0.141 e. The molecule has 8 heavy (non-hydrogen) atoms. The van der Waals surface area contributed by atoms with E-state index in [0.717, 1.165) is 6.42 Å². The average Bonchev–Trinajstić information content (AvgIpc) is 1.62. The predicted molar refractivity (Wildman–Crippen MR) is 25.6 cm³/mol. The molecule has 1 heterocycles. The normalized spacial score (nSPS) is 26.0. The Kier molecular flexibility index (Phi) is 1.91. The molecule has 0 bridgehead atoms. The lowest BCUT2D eigenvalue weighted by atomic mass is 10.4. The number of nitrogens with zero attached hydrogens (tertiary/aromatic N) is 2. The molecule has 44 valence electrons. The summed E-state index contributed by atoms with van der Waals surface area (Å²) in [6.45, 7) is 0.667. The largest absolute Gasteiger partial charge is 0.274 e. The second-order valence-corrected chi connectivity index (χ2v) is 1.28. The highest BCUT2D eigenvalue weighted by molar-refractivity contribution is 4.72. The first-order valence-electron chi connectivity index (χ1n) is 2.34. The Balaban J connectivity index is 2.29. The van der Waals surface area contributed by atoms with E-state index >= 15 is 0 Å². The summed E-state index contributed by atoms with van der Waals surface area (Å²) in [5.41, 5.74) is 0. The van der Waals surface area contributed by atoms with Gasteiger partial charge in [-0.3, -0.25) is 4.89 Å². The van der Waals surface area contributed by atoms with E-state index in [-0.39, 0.29) is 0 Å². The topological polar surface area (TPSA) is 43.2 Å². The highest BCUT2D eigenvalue weighted by Crippen LogP contribution is 1.92. The minimum Gasteiger partial charge on any atom is -0.274 e. The molecule has 4 heteroatoms. The lowest BCUT2D eigenvalue weighted by molar-refractivity contribution is -0.258. The van der Waals surface area contributed by atoms with Gasteiger partial charge in [0.25, 0.3) is 0 Å². The van der Waals surface area contributed by atoms with Gasteiger partial charge >= 0.3 is 0 Å². The van der Waals surface area contributed by atoms with Crippen molar-refractivity contribution in [2.75, 3.05) is 6.54 Å². The molecular weight excluding hydrogens is 108 g/mol.